The summed E-state index contributed by atoms with van der Waals surface area (Å²) in [6.45, 7) is 0. The second-order valence-corrected chi connectivity index (χ2v) is 4.22. The van der Waals surface area contributed by atoms with Gasteiger partial charge in [-0.25, -0.2) is 9.18 Å². The van der Waals surface area contributed by atoms with Gasteiger partial charge in [0.05, 0.1) is 16.1 Å². The van der Waals surface area contributed by atoms with Gasteiger partial charge in [0, 0.05) is 18.1 Å². The smallest absolute Gasteiger partial charge is 0.338 e. The van der Waals surface area contributed by atoms with E-state index in [0.717, 1.165) is 12.1 Å². The van der Waals surface area contributed by atoms with Gasteiger partial charge in [0.1, 0.15) is 5.82 Å². The monoisotopic (exact) mass is 294 g/mol. The van der Waals surface area contributed by atoms with E-state index in [1.165, 1.54) is 24.5 Å². The fourth-order valence-electron chi connectivity index (χ4n) is 1.52. The number of carboxylic acids is 1. The van der Waals surface area contributed by atoms with E-state index in [2.05, 4.69) is 10.3 Å². The molecule has 2 aromatic rings. The van der Waals surface area contributed by atoms with Crippen LogP contribution in [0.15, 0.2) is 36.7 Å². The summed E-state index contributed by atoms with van der Waals surface area (Å²) >= 11 is 5.81. The van der Waals surface area contributed by atoms with Gasteiger partial charge >= 0.3 is 5.97 Å². The fourth-order valence-corrected chi connectivity index (χ4v) is 1.73. The summed E-state index contributed by atoms with van der Waals surface area (Å²) in [6, 6.07) is 4.71. The van der Waals surface area contributed by atoms with E-state index in [9.17, 15) is 14.0 Å². The zero-order valence-corrected chi connectivity index (χ0v) is 10.7. The summed E-state index contributed by atoms with van der Waals surface area (Å²) in [4.78, 5) is 26.3. The van der Waals surface area contributed by atoms with Crippen LogP contribution >= 0.6 is 11.6 Å². The van der Waals surface area contributed by atoms with Crippen LogP contribution in [0.25, 0.3) is 0 Å². The van der Waals surface area contributed by atoms with Gasteiger partial charge in [0.2, 0.25) is 0 Å². The molecule has 0 aliphatic heterocycles. The van der Waals surface area contributed by atoms with Crippen molar-refractivity contribution in [1.82, 2.24) is 4.98 Å². The molecule has 20 heavy (non-hydrogen) atoms. The van der Waals surface area contributed by atoms with Crippen LogP contribution in [0, 0.1) is 5.82 Å². The van der Waals surface area contributed by atoms with E-state index < -0.39 is 23.3 Å². The van der Waals surface area contributed by atoms with Crippen LogP contribution in [0.2, 0.25) is 5.02 Å². The summed E-state index contributed by atoms with van der Waals surface area (Å²) < 4.78 is 13.5. The predicted molar refractivity (Wildman–Crippen MR) is 70.6 cm³/mol. The molecule has 2 N–H and O–H groups in total. The highest BCUT2D eigenvalue weighted by Gasteiger charge is 2.13. The van der Waals surface area contributed by atoms with Crippen molar-refractivity contribution in [3.05, 3.63) is 58.6 Å². The molecule has 0 unspecified atom stereocenters. The number of halogens is 2. The molecule has 1 amide bonds. The first-order chi connectivity index (χ1) is 9.49. The lowest BCUT2D eigenvalue weighted by Gasteiger charge is -2.07. The highest BCUT2D eigenvalue weighted by Crippen LogP contribution is 2.18. The third-order valence-corrected chi connectivity index (χ3v) is 2.78. The Morgan fingerprint density at radius 3 is 2.60 bits per heavy atom. The number of benzene rings is 1. The third-order valence-electron chi connectivity index (χ3n) is 2.47. The number of carbonyl (C=O) groups is 2. The number of nitrogens with one attached hydrogen (secondary N) is 1. The Morgan fingerprint density at radius 1 is 1.25 bits per heavy atom. The lowest BCUT2D eigenvalue weighted by molar-refractivity contribution is 0.0692. The number of carbonyl (C=O) groups excluding carboxylic acids is 1. The maximum atomic E-state index is 13.5. The molecule has 0 bridgehead atoms. The minimum absolute atomic E-state index is 0.130. The van der Waals surface area contributed by atoms with Crippen molar-refractivity contribution in [2.45, 2.75) is 0 Å². The maximum Gasteiger partial charge on any atom is 0.338 e. The van der Waals surface area contributed by atoms with Gasteiger partial charge in [-0.3, -0.25) is 9.78 Å². The molecule has 0 aliphatic carbocycles. The molecule has 0 atom stereocenters. The zero-order valence-electron chi connectivity index (χ0n) is 9.93. The van der Waals surface area contributed by atoms with Gasteiger partial charge in [-0.05, 0) is 24.3 Å². The number of hydrogen-bond acceptors (Lipinski definition) is 3. The summed E-state index contributed by atoms with van der Waals surface area (Å²) in [5.74, 6) is -2.85. The molecule has 0 spiro atoms. The van der Waals surface area contributed by atoms with Crippen molar-refractivity contribution in [1.29, 1.82) is 0 Å². The Balaban J connectivity index is 2.23. The van der Waals surface area contributed by atoms with Gasteiger partial charge in [-0.2, -0.15) is 0 Å². The van der Waals surface area contributed by atoms with Crippen molar-refractivity contribution in [3.8, 4) is 0 Å². The lowest BCUT2D eigenvalue weighted by Crippen LogP contribution is -2.13. The van der Waals surface area contributed by atoms with E-state index in [-0.39, 0.29) is 16.3 Å². The minimum Gasteiger partial charge on any atom is -0.478 e. The highest BCUT2D eigenvalue weighted by molar-refractivity contribution is 6.34. The van der Waals surface area contributed by atoms with Gasteiger partial charge in [-0.15, -0.1) is 0 Å². The Bertz CT molecular complexity index is 691. The van der Waals surface area contributed by atoms with Crippen LogP contribution < -0.4 is 5.32 Å². The standard InChI is InChI=1S/C13H8ClFN2O3/c14-10-6-16-4-3-8(10)12(18)17-7-1-2-9(13(19)20)11(15)5-7/h1-6H,(H,17,18)(H,19,20). The third kappa shape index (κ3) is 2.92. The summed E-state index contributed by atoms with van der Waals surface area (Å²) in [6.07, 6.45) is 2.71. The van der Waals surface area contributed by atoms with Crippen LogP contribution in [0.3, 0.4) is 0 Å². The molecule has 0 aliphatic rings. The quantitative estimate of drug-likeness (QED) is 0.912. The molecule has 1 aromatic carbocycles. The second kappa shape index (κ2) is 5.66. The number of anilines is 1. The van der Waals surface area contributed by atoms with Crippen molar-refractivity contribution in [2.24, 2.45) is 0 Å². The first-order valence-electron chi connectivity index (χ1n) is 5.42. The molecule has 7 heteroatoms. The molecule has 5 nitrogen and oxygen atoms in total. The van der Waals surface area contributed by atoms with E-state index in [1.807, 2.05) is 0 Å². The molecular weight excluding hydrogens is 287 g/mol. The molecule has 0 saturated carbocycles. The van der Waals surface area contributed by atoms with E-state index in [1.54, 1.807) is 0 Å². The van der Waals surface area contributed by atoms with Crippen molar-refractivity contribution in [2.75, 3.05) is 5.32 Å². The molecule has 1 aromatic heterocycles. The highest BCUT2D eigenvalue weighted by atomic mass is 35.5. The number of nitrogens with zero attached hydrogens (tertiary/aromatic N) is 1. The SMILES string of the molecule is O=C(O)c1ccc(NC(=O)c2ccncc2Cl)cc1F. The fraction of sp³-hybridized carbons (Fsp3) is 0. The number of rotatable bonds is 3. The van der Waals surface area contributed by atoms with E-state index in [4.69, 9.17) is 16.7 Å². The van der Waals surface area contributed by atoms with Crippen molar-refractivity contribution in [3.63, 3.8) is 0 Å². The van der Waals surface area contributed by atoms with Crippen LogP contribution in [0.4, 0.5) is 10.1 Å². The molecular formula is C13H8ClFN2O3. The Morgan fingerprint density at radius 2 is 2.00 bits per heavy atom. The first kappa shape index (κ1) is 14.0. The van der Waals surface area contributed by atoms with Gasteiger partial charge in [-0.1, -0.05) is 11.6 Å². The van der Waals surface area contributed by atoms with E-state index in [0.29, 0.717) is 0 Å². The predicted octanol–water partition coefficient (Wildman–Crippen LogP) is 2.82. The molecule has 2 rings (SSSR count). The second-order valence-electron chi connectivity index (χ2n) is 3.81. The first-order valence-corrected chi connectivity index (χ1v) is 5.80. The molecule has 0 saturated heterocycles. The van der Waals surface area contributed by atoms with Gasteiger partial charge in [0.15, 0.2) is 0 Å². The Labute approximate surface area is 118 Å². The zero-order chi connectivity index (χ0) is 14.7. The summed E-state index contributed by atoms with van der Waals surface area (Å²) in [7, 11) is 0. The van der Waals surface area contributed by atoms with Crippen LogP contribution in [0.5, 0.6) is 0 Å². The lowest BCUT2D eigenvalue weighted by atomic mass is 10.2. The van der Waals surface area contributed by atoms with Crippen molar-refractivity contribution >= 4 is 29.2 Å². The number of aromatic nitrogens is 1. The number of hydrogen-bond donors (Lipinski definition) is 2. The average molecular weight is 295 g/mol. The van der Waals surface area contributed by atoms with Crippen LogP contribution in [0.1, 0.15) is 20.7 Å². The van der Waals surface area contributed by atoms with Crippen molar-refractivity contribution < 1.29 is 19.1 Å². The Hall–Kier alpha value is -2.47. The van der Waals surface area contributed by atoms with Crippen LogP contribution in [-0.2, 0) is 0 Å². The maximum absolute atomic E-state index is 13.5. The largest absolute Gasteiger partial charge is 0.478 e. The number of pyridine rings is 1. The molecule has 0 fully saturated rings. The number of carboxylic acid groups (broad SMARTS) is 1. The molecule has 0 radical (unpaired) electrons. The Kier molecular flexibility index (Phi) is 3.95. The van der Waals surface area contributed by atoms with Gasteiger partial charge in [0.25, 0.3) is 5.91 Å². The van der Waals surface area contributed by atoms with Crippen LogP contribution in [-0.4, -0.2) is 22.0 Å². The number of amides is 1. The topological polar surface area (TPSA) is 79.3 Å². The van der Waals surface area contributed by atoms with E-state index >= 15 is 0 Å². The normalized spacial score (nSPS) is 10.1. The molecule has 102 valence electrons. The molecule has 1 heterocycles. The average Bonchev–Trinajstić information content (AvgIpc) is 2.38. The summed E-state index contributed by atoms with van der Waals surface area (Å²) in [5.41, 5.74) is -0.153. The minimum atomic E-state index is -1.38. The summed E-state index contributed by atoms with van der Waals surface area (Å²) in [5, 5.41) is 11.3. The number of aromatic carboxylic acids is 1. The van der Waals surface area contributed by atoms with Gasteiger partial charge < -0.3 is 10.4 Å².